The Bertz CT molecular complexity index is 618. The highest BCUT2D eigenvalue weighted by atomic mass is 15.3. The van der Waals surface area contributed by atoms with Crippen LogP contribution in [0.1, 0.15) is 30.7 Å². The van der Waals surface area contributed by atoms with Gasteiger partial charge < -0.3 is 10.2 Å². The van der Waals surface area contributed by atoms with Crippen LogP contribution in [0.2, 0.25) is 0 Å². The molecule has 0 aliphatic rings. The van der Waals surface area contributed by atoms with Gasteiger partial charge >= 0.3 is 0 Å². The standard InChI is InChI=1S/C17H24N4/c1-6-21(7-2)17-18-14(5)11-16(20-17)19-15-9-8-12(3)10-13(15)4/h8-11H,6-7H2,1-5H3,(H,18,19,20). The van der Waals surface area contributed by atoms with Gasteiger partial charge in [0.1, 0.15) is 5.82 Å². The van der Waals surface area contributed by atoms with E-state index in [0.29, 0.717) is 0 Å². The third-order valence-electron chi connectivity index (χ3n) is 3.53. The molecule has 0 saturated carbocycles. The van der Waals surface area contributed by atoms with Gasteiger partial charge in [-0.3, -0.25) is 0 Å². The number of benzene rings is 1. The quantitative estimate of drug-likeness (QED) is 0.901. The van der Waals surface area contributed by atoms with E-state index < -0.39 is 0 Å². The van der Waals surface area contributed by atoms with Crippen LogP contribution in [0, 0.1) is 20.8 Å². The lowest BCUT2D eigenvalue weighted by Gasteiger charge is -2.20. The van der Waals surface area contributed by atoms with E-state index in [1.165, 1.54) is 11.1 Å². The predicted octanol–water partition coefficient (Wildman–Crippen LogP) is 3.99. The van der Waals surface area contributed by atoms with Gasteiger partial charge in [0.05, 0.1) is 0 Å². The van der Waals surface area contributed by atoms with Gasteiger partial charge in [0, 0.05) is 30.5 Å². The maximum absolute atomic E-state index is 4.64. The molecule has 0 fully saturated rings. The molecule has 0 amide bonds. The fourth-order valence-electron chi connectivity index (χ4n) is 2.36. The topological polar surface area (TPSA) is 41.1 Å². The van der Waals surface area contributed by atoms with Gasteiger partial charge in [-0.05, 0) is 46.2 Å². The molecule has 0 unspecified atom stereocenters. The summed E-state index contributed by atoms with van der Waals surface area (Å²) in [6.07, 6.45) is 0. The minimum atomic E-state index is 0.785. The van der Waals surface area contributed by atoms with Gasteiger partial charge in [0.25, 0.3) is 0 Å². The first-order valence-electron chi connectivity index (χ1n) is 7.48. The Labute approximate surface area is 127 Å². The fourth-order valence-corrected chi connectivity index (χ4v) is 2.36. The third kappa shape index (κ3) is 3.72. The number of aromatic nitrogens is 2. The average Bonchev–Trinajstić information content (AvgIpc) is 2.43. The highest BCUT2D eigenvalue weighted by Crippen LogP contribution is 2.22. The number of nitrogens with one attached hydrogen (secondary N) is 1. The van der Waals surface area contributed by atoms with Crippen molar-refractivity contribution in [3.63, 3.8) is 0 Å². The zero-order valence-electron chi connectivity index (χ0n) is 13.6. The van der Waals surface area contributed by atoms with Crippen molar-refractivity contribution < 1.29 is 0 Å². The molecule has 0 radical (unpaired) electrons. The van der Waals surface area contributed by atoms with Crippen LogP contribution >= 0.6 is 0 Å². The Balaban J connectivity index is 2.31. The molecule has 4 heteroatoms. The first kappa shape index (κ1) is 15.3. The number of hydrogen-bond acceptors (Lipinski definition) is 4. The zero-order valence-corrected chi connectivity index (χ0v) is 13.6. The molecule has 2 aromatic rings. The summed E-state index contributed by atoms with van der Waals surface area (Å²) in [6.45, 7) is 12.3. The van der Waals surface area contributed by atoms with Gasteiger partial charge in [0.2, 0.25) is 5.95 Å². The number of aryl methyl sites for hydroxylation is 3. The molecule has 0 aliphatic heterocycles. The maximum Gasteiger partial charge on any atom is 0.227 e. The van der Waals surface area contributed by atoms with E-state index in [9.17, 15) is 0 Å². The molecule has 1 aromatic heterocycles. The molecule has 2 rings (SSSR count). The van der Waals surface area contributed by atoms with Crippen molar-refractivity contribution in [3.05, 3.63) is 41.1 Å². The molecule has 21 heavy (non-hydrogen) atoms. The second-order valence-corrected chi connectivity index (χ2v) is 5.31. The van der Waals surface area contributed by atoms with Crippen LogP contribution in [-0.4, -0.2) is 23.1 Å². The van der Waals surface area contributed by atoms with E-state index in [1.807, 2.05) is 13.0 Å². The summed E-state index contributed by atoms with van der Waals surface area (Å²) in [5, 5.41) is 3.41. The van der Waals surface area contributed by atoms with E-state index in [4.69, 9.17) is 0 Å². The van der Waals surface area contributed by atoms with Crippen molar-refractivity contribution in [1.29, 1.82) is 0 Å². The largest absolute Gasteiger partial charge is 0.341 e. The number of hydrogen-bond donors (Lipinski definition) is 1. The van der Waals surface area contributed by atoms with Crippen molar-refractivity contribution in [2.24, 2.45) is 0 Å². The molecule has 112 valence electrons. The molecule has 0 saturated heterocycles. The number of nitrogens with zero attached hydrogens (tertiary/aromatic N) is 3. The van der Waals surface area contributed by atoms with Gasteiger partial charge in [-0.1, -0.05) is 17.7 Å². The zero-order chi connectivity index (χ0) is 15.4. The molecular formula is C17H24N4. The molecule has 0 spiro atoms. The fraction of sp³-hybridized carbons (Fsp3) is 0.412. The van der Waals surface area contributed by atoms with E-state index in [1.54, 1.807) is 0 Å². The summed E-state index contributed by atoms with van der Waals surface area (Å²) >= 11 is 0. The first-order chi connectivity index (χ1) is 10.0. The van der Waals surface area contributed by atoms with E-state index >= 15 is 0 Å². The monoisotopic (exact) mass is 284 g/mol. The highest BCUT2D eigenvalue weighted by Gasteiger charge is 2.09. The van der Waals surface area contributed by atoms with Gasteiger partial charge in [0.15, 0.2) is 0 Å². The Morgan fingerprint density at radius 1 is 1.00 bits per heavy atom. The van der Waals surface area contributed by atoms with E-state index in [-0.39, 0.29) is 0 Å². The summed E-state index contributed by atoms with van der Waals surface area (Å²) in [6, 6.07) is 8.35. The lowest BCUT2D eigenvalue weighted by Crippen LogP contribution is -2.24. The molecule has 4 nitrogen and oxygen atoms in total. The van der Waals surface area contributed by atoms with Crippen LogP contribution in [0.5, 0.6) is 0 Å². The minimum Gasteiger partial charge on any atom is -0.341 e. The Morgan fingerprint density at radius 3 is 2.33 bits per heavy atom. The van der Waals surface area contributed by atoms with Crippen LogP contribution < -0.4 is 10.2 Å². The van der Waals surface area contributed by atoms with Crippen LogP contribution in [0.15, 0.2) is 24.3 Å². The van der Waals surface area contributed by atoms with Crippen LogP contribution in [0.4, 0.5) is 17.5 Å². The second-order valence-electron chi connectivity index (χ2n) is 5.31. The van der Waals surface area contributed by atoms with E-state index in [2.05, 4.69) is 66.1 Å². The summed E-state index contributed by atoms with van der Waals surface area (Å²) < 4.78 is 0. The minimum absolute atomic E-state index is 0.785. The normalized spacial score (nSPS) is 10.5. The van der Waals surface area contributed by atoms with Crippen molar-refractivity contribution in [2.45, 2.75) is 34.6 Å². The smallest absolute Gasteiger partial charge is 0.227 e. The Kier molecular flexibility index (Phi) is 4.78. The predicted molar refractivity (Wildman–Crippen MR) is 89.5 cm³/mol. The van der Waals surface area contributed by atoms with Crippen molar-refractivity contribution in [2.75, 3.05) is 23.3 Å². The first-order valence-corrected chi connectivity index (χ1v) is 7.48. The Morgan fingerprint density at radius 2 is 1.71 bits per heavy atom. The summed E-state index contributed by atoms with van der Waals surface area (Å²) in [5.74, 6) is 1.63. The lowest BCUT2D eigenvalue weighted by atomic mass is 10.1. The highest BCUT2D eigenvalue weighted by molar-refractivity contribution is 5.62. The third-order valence-corrected chi connectivity index (χ3v) is 3.53. The molecule has 0 bridgehead atoms. The van der Waals surface area contributed by atoms with Gasteiger partial charge in [-0.2, -0.15) is 4.98 Å². The Hall–Kier alpha value is -2.10. The molecule has 1 aromatic carbocycles. The molecule has 0 aliphatic carbocycles. The van der Waals surface area contributed by atoms with Gasteiger partial charge in [-0.15, -0.1) is 0 Å². The van der Waals surface area contributed by atoms with Crippen molar-refractivity contribution >= 4 is 17.5 Å². The second kappa shape index (κ2) is 6.57. The summed E-state index contributed by atoms with van der Waals surface area (Å²) in [5.41, 5.74) is 4.54. The number of anilines is 3. The van der Waals surface area contributed by atoms with Crippen molar-refractivity contribution in [3.8, 4) is 0 Å². The summed E-state index contributed by atoms with van der Waals surface area (Å²) in [7, 11) is 0. The molecular weight excluding hydrogens is 260 g/mol. The average molecular weight is 284 g/mol. The summed E-state index contributed by atoms with van der Waals surface area (Å²) in [4.78, 5) is 11.3. The van der Waals surface area contributed by atoms with Crippen molar-refractivity contribution in [1.82, 2.24) is 9.97 Å². The van der Waals surface area contributed by atoms with Crippen LogP contribution in [0.25, 0.3) is 0 Å². The molecule has 1 heterocycles. The molecule has 0 atom stereocenters. The number of rotatable bonds is 5. The van der Waals surface area contributed by atoms with Gasteiger partial charge in [-0.25, -0.2) is 4.98 Å². The molecule has 1 N–H and O–H groups in total. The lowest BCUT2D eigenvalue weighted by molar-refractivity contribution is 0.817. The van der Waals surface area contributed by atoms with E-state index in [0.717, 1.165) is 36.2 Å². The van der Waals surface area contributed by atoms with Crippen LogP contribution in [0.3, 0.4) is 0 Å². The van der Waals surface area contributed by atoms with Crippen LogP contribution in [-0.2, 0) is 0 Å². The maximum atomic E-state index is 4.64. The SMILES string of the molecule is CCN(CC)c1nc(C)cc(Nc2ccc(C)cc2C)n1.